The number of ether oxygens (including phenoxy) is 1. The van der Waals surface area contributed by atoms with Crippen LogP contribution in [0, 0.1) is 35.0 Å². The van der Waals surface area contributed by atoms with Crippen molar-refractivity contribution in [2.75, 3.05) is 20.3 Å². The first kappa shape index (κ1) is 22.0. The highest BCUT2D eigenvalue weighted by Crippen LogP contribution is 2.22. The maximum absolute atomic E-state index is 14.0. The molecule has 0 aliphatic rings. The van der Waals surface area contributed by atoms with Crippen molar-refractivity contribution in [2.24, 2.45) is 5.92 Å². The van der Waals surface area contributed by atoms with Gasteiger partial charge in [0.25, 0.3) is 0 Å². The molecule has 0 saturated heterocycles. The molecule has 1 atom stereocenters. The maximum atomic E-state index is 14.0. The van der Waals surface area contributed by atoms with Gasteiger partial charge in [0.2, 0.25) is 14.1 Å². The van der Waals surface area contributed by atoms with Gasteiger partial charge in [-0.15, -0.1) is 0 Å². The topological polar surface area (TPSA) is 18.5 Å². The predicted molar refractivity (Wildman–Crippen MR) is 88.8 cm³/mol. The summed E-state index contributed by atoms with van der Waals surface area (Å²) in [6.45, 7) is 5.61. The SMILES string of the molecule is CCCCC(CCOC)CO[Si](C)(C)c1c(F)c(F)c(F)c(F)c1F. The highest BCUT2D eigenvalue weighted by Gasteiger charge is 2.38. The second-order valence-electron chi connectivity index (χ2n) is 6.56. The number of halogens is 5. The van der Waals surface area contributed by atoms with E-state index in [1.807, 2.05) is 6.92 Å². The van der Waals surface area contributed by atoms with Crippen LogP contribution in [0.15, 0.2) is 0 Å². The molecule has 1 unspecified atom stereocenters. The third-order valence-corrected chi connectivity index (χ3v) is 6.72. The Hall–Kier alpha value is -0.993. The highest BCUT2D eigenvalue weighted by molar-refractivity contribution is 6.84. The second-order valence-corrected chi connectivity index (χ2v) is 10.4. The van der Waals surface area contributed by atoms with E-state index < -0.39 is 42.6 Å². The van der Waals surface area contributed by atoms with E-state index in [0.29, 0.717) is 13.0 Å². The molecule has 0 bridgehead atoms. The molecule has 144 valence electrons. The van der Waals surface area contributed by atoms with E-state index >= 15 is 0 Å². The van der Waals surface area contributed by atoms with E-state index in [0.717, 1.165) is 19.3 Å². The standard InChI is InChI=1S/C17H25F5O2Si/c1-5-6-7-11(8-9-23-2)10-24-25(3,4)17-15(21)13(19)12(18)14(20)16(17)22/h11H,5-10H2,1-4H3. The molecule has 0 aliphatic carbocycles. The van der Waals surface area contributed by atoms with Gasteiger partial charge < -0.3 is 9.16 Å². The van der Waals surface area contributed by atoms with Crippen molar-refractivity contribution in [1.82, 2.24) is 0 Å². The van der Waals surface area contributed by atoms with E-state index in [4.69, 9.17) is 9.16 Å². The molecule has 0 saturated carbocycles. The number of methoxy groups -OCH3 is 1. The summed E-state index contributed by atoms with van der Waals surface area (Å²) in [4.78, 5) is 0. The molecular weight excluding hydrogens is 359 g/mol. The summed E-state index contributed by atoms with van der Waals surface area (Å²) in [5.74, 6) is -9.50. The van der Waals surface area contributed by atoms with Crippen molar-refractivity contribution in [3.8, 4) is 0 Å². The van der Waals surface area contributed by atoms with Crippen molar-refractivity contribution >= 4 is 13.5 Å². The molecule has 0 radical (unpaired) electrons. The Morgan fingerprint density at radius 3 is 1.88 bits per heavy atom. The van der Waals surface area contributed by atoms with Crippen LogP contribution in [-0.2, 0) is 9.16 Å². The average molecular weight is 384 g/mol. The Morgan fingerprint density at radius 2 is 1.40 bits per heavy atom. The second kappa shape index (κ2) is 9.63. The first-order chi connectivity index (χ1) is 11.7. The lowest BCUT2D eigenvalue weighted by Gasteiger charge is -2.27. The highest BCUT2D eigenvalue weighted by atomic mass is 28.4. The predicted octanol–water partition coefficient (Wildman–Crippen LogP) is 4.65. The molecule has 1 rings (SSSR count). The summed E-state index contributed by atoms with van der Waals surface area (Å²) in [6.07, 6.45) is 3.50. The van der Waals surface area contributed by atoms with Gasteiger partial charge in [-0.25, -0.2) is 22.0 Å². The monoisotopic (exact) mass is 384 g/mol. The smallest absolute Gasteiger partial charge is 0.224 e. The Morgan fingerprint density at radius 1 is 0.880 bits per heavy atom. The van der Waals surface area contributed by atoms with Crippen LogP contribution in [0.4, 0.5) is 22.0 Å². The average Bonchev–Trinajstić information content (AvgIpc) is 2.57. The summed E-state index contributed by atoms with van der Waals surface area (Å²) in [5.41, 5.74) is 0. The molecule has 0 fully saturated rings. The zero-order valence-electron chi connectivity index (χ0n) is 15.0. The Kier molecular flexibility index (Phi) is 8.50. The molecular formula is C17H25F5O2Si. The zero-order valence-corrected chi connectivity index (χ0v) is 16.0. The van der Waals surface area contributed by atoms with Gasteiger partial charge in [-0.1, -0.05) is 19.8 Å². The van der Waals surface area contributed by atoms with Gasteiger partial charge in [0.05, 0.1) is 0 Å². The summed E-state index contributed by atoms with van der Waals surface area (Å²) in [5, 5.41) is -0.815. The molecule has 0 aliphatic heterocycles. The minimum Gasteiger partial charge on any atom is -0.412 e. The van der Waals surface area contributed by atoms with Crippen molar-refractivity contribution in [3.63, 3.8) is 0 Å². The largest absolute Gasteiger partial charge is 0.412 e. The third-order valence-electron chi connectivity index (χ3n) is 4.19. The van der Waals surface area contributed by atoms with Crippen molar-refractivity contribution < 1.29 is 31.1 Å². The van der Waals surface area contributed by atoms with Gasteiger partial charge >= 0.3 is 0 Å². The lowest BCUT2D eigenvalue weighted by atomic mass is 10.0. The Bertz CT molecular complexity index is 544. The zero-order chi connectivity index (χ0) is 19.2. The molecule has 2 nitrogen and oxygen atoms in total. The van der Waals surface area contributed by atoms with Gasteiger partial charge in [0.15, 0.2) is 23.3 Å². The fourth-order valence-electron chi connectivity index (χ4n) is 2.62. The van der Waals surface area contributed by atoms with Crippen LogP contribution in [0.1, 0.15) is 32.6 Å². The number of hydrogen-bond acceptors (Lipinski definition) is 2. The van der Waals surface area contributed by atoms with Gasteiger partial charge in [0, 0.05) is 25.5 Å². The van der Waals surface area contributed by atoms with Gasteiger partial charge in [0.1, 0.15) is 0 Å². The lowest BCUT2D eigenvalue weighted by Crippen LogP contribution is -2.50. The van der Waals surface area contributed by atoms with Crippen LogP contribution >= 0.6 is 0 Å². The van der Waals surface area contributed by atoms with Crippen LogP contribution in [-0.4, -0.2) is 28.6 Å². The summed E-state index contributed by atoms with van der Waals surface area (Å²) < 4.78 is 79.0. The van der Waals surface area contributed by atoms with Crippen LogP contribution in [0.25, 0.3) is 0 Å². The minimum absolute atomic E-state index is 0.105. The van der Waals surface area contributed by atoms with Crippen molar-refractivity contribution in [1.29, 1.82) is 0 Å². The van der Waals surface area contributed by atoms with Crippen LogP contribution < -0.4 is 5.19 Å². The molecule has 0 aromatic heterocycles. The quantitative estimate of drug-likeness (QED) is 0.253. The molecule has 0 heterocycles. The summed E-state index contributed by atoms with van der Waals surface area (Å²) in [6, 6.07) is 0. The fraction of sp³-hybridized carbons (Fsp3) is 0.647. The van der Waals surface area contributed by atoms with Crippen LogP contribution in [0.3, 0.4) is 0 Å². The molecule has 1 aromatic rings. The third kappa shape index (κ3) is 5.49. The van der Waals surface area contributed by atoms with Crippen LogP contribution in [0.2, 0.25) is 13.1 Å². The number of benzene rings is 1. The van der Waals surface area contributed by atoms with E-state index in [-0.39, 0.29) is 12.5 Å². The maximum Gasteiger partial charge on any atom is 0.224 e. The fourth-order valence-corrected chi connectivity index (χ4v) is 4.69. The molecule has 25 heavy (non-hydrogen) atoms. The van der Waals surface area contributed by atoms with Crippen LogP contribution in [0.5, 0.6) is 0 Å². The number of unbranched alkanes of at least 4 members (excludes halogenated alkanes) is 1. The molecule has 0 N–H and O–H groups in total. The van der Waals surface area contributed by atoms with E-state index in [1.165, 1.54) is 13.1 Å². The molecule has 8 heteroatoms. The van der Waals surface area contributed by atoms with E-state index in [2.05, 4.69) is 0 Å². The summed E-state index contributed by atoms with van der Waals surface area (Å²) in [7, 11) is -1.76. The number of hydrogen-bond donors (Lipinski definition) is 0. The van der Waals surface area contributed by atoms with Gasteiger partial charge in [-0.3, -0.25) is 0 Å². The van der Waals surface area contributed by atoms with Crippen molar-refractivity contribution in [3.05, 3.63) is 29.1 Å². The minimum atomic E-state index is -3.33. The first-order valence-electron chi connectivity index (χ1n) is 8.32. The first-order valence-corrected chi connectivity index (χ1v) is 11.2. The molecule has 0 spiro atoms. The van der Waals surface area contributed by atoms with Gasteiger partial charge in [-0.2, -0.15) is 0 Å². The lowest BCUT2D eigenvalue weighted by molar-refractivity contribution is 0.148. The van der Waals surface area contributed by atoms with Gasteiger partial charge in [-0.05, 0) is 31.9 Å². The van der Waals surface area contributed by atoms with E-state index in [1.54, 1.807) is 7.11 Å². The molecule has 0 amide bonds. The van der Waals surface area contributed by atoms with E-state index in [9.17, 15) is 22.0 Å². The van der Waals surface area contributed by atoms with Crippen molar-refractivity contribution in [2.45, 2.75) is 45.7 Å². The normalized spacial score (nSPS) is 13.3. The number of rotatable bonds is 10. The molecule has 1 aromatic carbocycles. The Balaban J connectivity index is 3.00. The summed E-state index contributed by atoms with van der Waals surface area (Å²) >= 11 is 0. The Labute approximate surface area is 146 Å².